The number of likely N-dealkylation sites (N-methyl/N-ethyl adjacent to an activating group) is 1. The van der Waals surface area contributed by atoms with E-state index in [0.717, 1.165) is 32.7 Å². The third-order valence-electron chi connectivity index (χ3n) is 2.83. The van der Waals surface area contributed by atoms with Gasteiger partial charge in [0.2, 0.25) is 5.91 Å². The number of imide groups is 1. The molecule has 92 valence electrons. The number of primary amides is 1. The highest BCUT2D eigenvalue weighted by Crippen LogP contribution is 2.01. The number of piperazine rings is 1. The van der Waals surface area contributed by atoms with Gasteiger partial charge in [-0.1, -0.05) is 6.92 Å². The maximum Gasteiger partial charge on any atom is 0.318 e. The van der Waals surface area contributed by atoms with E-state index in [0.29, 0.717) is 13.0 Å². The summed E-state index contributed by atoms with van der Waals surface area (Å²) < 4.78 is 0. The average molecular weight is 228 g/mol. The largest absolute Gasteiger partial charge is 0.351 e. The van der Waals surface area contributed by atoms with Crippen molar-refractivity contribution >= 4 is 11.9 Å². The molecule has 0 aromatic heterocycles. The number of carbonyl (C=O) groups excluding carboxylic acids is 2. The lowest BCUT2D eigenvalue weighted by atomic mass is 10.3. The number of hydrogen-bond donors (Lipinski definition) is 2. The first kappa shape index (κ1) is 12.9. The van der Waals surface area contributed by atoms with E-state index in [1.54, 1.807) is 0 Å². The fraction of sp³-hybridized carbons (Fsp3) is 0.800. The van der Waals surface area contributed by atoms with E-state index in [1.807, 2.05) is 0 Å². The van der Waals surface area contributed by atoms with Crippen LogP contribution in [0.15, 0.2) is 0 Å². The molecule has 1 rings (SSSR count). The maximum atomic E-state index is 11.2. The van der Waals surface area contributed by atoms with Crippen LogP contribution >= 0.6 is 0 Å². The normalized spacial score (nSPS) is 18.3. The van der Waals surface area contributed by atoms with Crippen molar-refractivity contribution in [2.45, 2.75) is 13.3 Å². The molecule has 0 aromatic carbocycles. The summed E-state index contributed by atoms with van der Waals surface area (Å²) in [5, 5.41) is 2.07. The van der Waals surface area contributed by atoms with Crippen LogP contribution in [0.4, 0.5) is 4.79 Å². The van der Waals surface area contributed by atoms with Gasteiger partial charge in [0, 0.05) is 39.1 Å². The smallest absolute Gasteiger partial charge is 0.318 e. The van der Waals surface area contributed by atoms with Gasteiger partial charge in [-0.25, -0.2) is 4.79 Å². The number of rotatable bonds is 4. The van der Waals surface area contributed by atoms with Crippen LogP contribution in [0.2, 0.25) is 0 Å². The topological polar surface area (TPSA) is 78.7 Å². The van der Waals surface area contributed by atoms with Crippen LogP contribution in [-0.2, 0) is 4.79 Å². The fourth-order valence-electron chi connectivity index (χ4n) is 1.79. The summed E-state index contributed by atoms with van der Waals surface area (Å²) in [7, 11) is 0. The van der Waals surface area contributed by atoms with Crippen LogP contribution in [0, 0.1) is 0 Å². The second-order valence-corrected chi connectivity index (χ2v) is 3.94. The molecule has 1 aliphatic rings. The molecule has 0 radical (unpaired) electrons. The van der Waals surface area contributed by atoms with Gasteiger partial charge in [0.05, 0.1) is 0 Å². The van der Waals surface area contributed by atoms with Crippen LogP contribution in [0.25, 0.3) is 0 Å². The van der Waals surface area contributed by atoms with E-state index in [9.17, 15) is 9.59 Å². The Labute approximate surface area is 95.8 Å². The van der Waals surface area contributed by atoms with E-state index < -0.39 is 6.03 Å². The van der Waals surface area contributed by atoms with Gasteiger partial charge >= 0.3 is 6.03 Å². The van der Waals surface area contributed by atoms with Crippen molar-refractivity contribution in [2.24, 2.45) is 5.73 Å². The Kier molecular flexibility index (Phi) is 5.21. The first-order chi connectivity index (χ1) is 7.61. The van der Waals surface area contributed by atoms with Crippen molar-refractivity contribution in [3.8, 4) is 0 Å². The Morgan fingerprint density at radius 3 is 2.25 bits per heavy atom. The van der Waals surface area contributed by atoms with Crippen LogP contribution in [0.5, 0.6) is 0 Å². The van der Waals surface area contributed by atoms with Crippen LogP contribution in [0.3, 0.4) is 0 Å². The van der Waals surface area contributed by atoms with Crippen molar-refractivity contribution in [2.75, 3.05) is 39.3 Å². The molecule has 0 unspecified atom stereocenters. The summed E-state index contributed by atoms with van der Waals surface area (Å²) in [5.74, 6) is -0.301. The zero-order chi connectivity index (χ0) is 12.0. The summed E-state index contributed by atoms with van der Waals surface area (Å²) in [6.45, 7) is 7.99. The summed E-state index contributed by atoms with van der Waals surface area (Å²) in [6.07, 6.45) is 0.328. The lowest BCUT2D eigenvalue weighted by Crippen LogP contribution is -2.47. The predicted octanol–water partition coefficient (Wildman–Crippen LogP) is -0.791. The zero-order valence-corrected chi connectivity index (χ0v) is 9.74. The Bertz CT molecular complexity index is 249. The summed E-state index contributed by atoms with van der Waals surface area (Å²) >= 11 is 0. The zero-order valence-electron chi connectivity index (χ0n) is 9.74. The average Bonchev–Trinajstić information content (AvgIpc) is 2.26. The number of carbonyl (C=O) groups is 2. The molecule has 6 heteroatoms. The highest BCUT2D eigenvalue weighted by Gasteiger charge is 2.16. The van der Waals surface area contributed by atoms with Crippen LogP contribution in [-0.4, -0.2) is 61.0 Å². The Morgan fingerprint density at radius 2 is 1.75 bits per heavy atom. The molecular weight excluding hydrogens is 208 g/mol. The molecule has 6 nitrogen and oxygen atoms in total. The minimum absolute atomic E-state index is 0.301. The highest BCUT2D eigenvalue weighted by atomic mass is 16.2. The van der Waals surface area contributed by atoms with Crippen molar-refractivity contribution in [1.29, 1.82) is 0 Å². The Morgan fingerprint density at radius 1 is 1.19 bits per heavy atom. The van der Waals surface area contributed by atoms with Crippen molar-refractivity contribution < 1.29 is 9.59 Å². The Balaban J connectivity index is 2.14. The molecule has 3 N–H and O–H groups in total. The third-order valence-corrected chi connectivity index (χ3v) is 2.83. The number of amides is 3. The molecule has 1 aliphatic heterocycles. The molecule has 1 saturated heterocycles. The lowest BCUT2D eigenvalue weighted by molar-refractivity contribution is -0.120. The molecule has 16 heavy (non-hydrogen) atoms. The van der Waals surface area contributed by atoms with Crippen LogP contribution in [0.1, 0.15) is 13.3 Å². The third kappa shape index (κ3) is 4.59. The minimum Gasteiger partial charge on any atom is -0.351 e. The molecule has 3 amide bonds. The summed E-state index contributed by atoms with van der Waals surface area (Å²) in [5.41, 5.74) is 4.85. The van der Waals surface area contributed by atoms with Gasteiger partial charge in [-0.15, -0.1) is 0 Å². The number of nitrogens with two attached hydrogens (primary N) is 1. The van der Waals surface area contributed by atoms with E-state index in [1.165, 1.54) is 0 Å². The molecule has 1 heterocycles. The van der Waals surface area contributed by atoms with Gasteiger partial charge in [0.25, 0.3) is 0 Å². The second kappa shape index (κ2) is 6.44. The molecule has 0 atom stereocenters. The maximum absolute atomic E-state index is 11.2. The quantitative estimate of drug-likeness (QED) is 0.661. The van der Waals surface area contributed by atoms with Gasteiger partial charge in [0.15, 0.2) is 0 Å². The lowest BCUT2D eigenvalue weighted by Gasteiger charge is -2.33. The predicted molar refractivity (Wildman–Crippen MR) is 60.9 cm³/mol. The van der Waals surface area contributed by atoms with Crippen molar-refractivity contribution in [3.63, 3.8) is 0 Å². The number of nitrogens with zero attached hydrogens (tertiary/aromatic N) is 2. The van der Waals surface area contributed by atoms with E-state index in [-0.39, 0.29) is 5.91 Å². The fourth-order valence-corrected chi connectivity index (χ4v) is 1.79. The monoisotopic (exact) mass is 228 g/mol. The van der Waals surface area contributed by atoms with Gasteiger partial charge in [-0.2, -0.15) is 0 Å². The van der Waals surface area contributed by atoms with E-state index in [4.69, 9.17) is 5.73 Å². The molecule has 0 aliphatic carbocycles. The van der Waals surface area contributed by atoms with Crippen molar-refractivity contribution in [1.82, 2.24) is 15.1 Å². The standard InChI is InChI=1S/C10H20N4O2/c1-2-13-5-7-14(8-6-13)4-3-9(15)12-10(11)16/h2-8H2,1H3,(H3,11,12,15,16). The molecule has 0 aromatic rings. The van der Waals surface area contributed by atoms with E-state index >= 15 is 0 Å². The van der Waals surface area contributed by atoms with Gasteiger partial charge in [0.1, 0.15) is 0 Å². The minimum atomic E-state index is -0.777. The molecular formula is C10H20N4O2. The summed E-state index contributed by atoms with van der Waals surface area (Å²) in [4.78, 5) is 26.2. The second-order valence-electron chi connectivity index (χ2n) is 3.94. The van der Waals surface area contributed by atoms with Gasteiger partial charge in [-0.05, 0) is 6.54 Å². The molecule has 0 spiro atoms. The Hall–Kier alpha value is -1.14. The van der Waals surface area contributed by atoms with Crippen LogP contribution < -0.4 is 11.1 Å². The van der Waals surface area contributed by atoms with Gasteiger partial charge < -0.3 is 15.5 Å². The molecule has 0 saturated carbocycles. The SMILES string of the molecule is CCN1CCN(CCC(=O)NC(N)=O)CC1. The highest BCUT2D eigenvalue weighted by molar-refractivity contribution is 5.93. The first-order valence-corrected chi connectivity index (χ1v) is 5.65. The van der Waals surface area contributed by atoms with Crippen molar-refractivity contribution in [3.05, 3.63) is 0 Å². The molecule has 1 fully saturated rings. The first-order valence-electron chi connectivity index (χ1n) is 5.65. The molecule has 0 bridgehead atoms. The number of urea groups is 1. The number of hydrogen-bond acceptors (Lipinski definition) is 4. The van der Waals surface area contributed by atoms with E-state index in [2.05, 4.69) is 22.0 Å². The number of nitrogens with one attached hydrogen (secondary N) is 1. The van der Waals surface area contributed by atoms with Gasteiger partial charge in [-0.3, -0.25) is 10.1 Å². The summed E-state index contributed by atoms with van der Waals surface area (Å²) in [6, 6.07) is -0.777.